The molecule has 1 rings (SSSR count). The van der Waals surface area contributed by atoms with Crippen LogP contribution in [0, 0.1) is 5.41 Å². The number of nitrogens with two attached hydrogens (primary N) is 1. The first-order valence-electron chi connectivity index (χ1n) is 12.7. The smallest absolute Gasteiger partial charge is 0.314 e. The third-order valence-corrected chi connectivity index (χ3v) is 5.96. The second-order valence-corrected chi connectivity index (χ2v) is 10.9. The summed E-state index contributed by atoms with van der Waals surface area (Å²) in [6.07, 6.45) is 3.45. The molecule has 38 heavy (non-hydrogen) atoms. The second-order valence-electron chi connectivity index (χ2n) is 10.9. The zero-order valence-electron chi connectivity index (χ0n) is 23.6. The molecule has 0 saturated carbocycles. The van der Waals surface area contributed by atoms with E-state index < -0.39 is 5.60 Å². The molecule has 1 aromatic rings. The highest BCUT2D eigenvalue weighted by Gasteiger charge is 2.24. The fourth-order valence-corrected chi connectivity index (χ4v) is 3.35. The number of carbonyl (C=O) groups excluding carboxylic acids is 1. The average Bonchev–Trinajstić information content (AvgIpc) is 2.85. The number of hydrazone groups is 1. The largest absolute Gasteiger partial charge is 0.508 e. The molecule has 0 unspecified atom stereocenters. The van der Waals surface area contributed by atoms with Crippen molar-refractivity contribution in [1.82, 2.24) is 15.5 Å². The number of benzene rings is 1. The summed E-state index contributed by atoms with van der Waals surface area (Å²) in [7, 11) is 3.93. The van der Waals surface area contributed by atoms with Crippen LogP contribution in [0.15, 0.2) is 39.5 Å². The number of carbonyl (C=O) groups is 1. The number of aliphatic imine (C=N–C) groups is 1. The van der Waals surface area contributed by atoms with Crippen LogP contribution in [0.3, 0.4) is 0 Å². The topological polar surface area (TPSA) is 173 Å². The minimum Gasteiger partial charge on any atom is -0.508 e. The van der Waals surface area contributed by atoms with Crippen molar-refractivity contribution in [3.63, 3.8) is 0 Å². The van der Waals surface area contributed by atoms with Crippen LogP contribution in [0.2, 0.25) is 0 Å². The van der Waals surface area contributed by atoms with Crippen LogP contribution in [0.4, 0.5) is 4.79 Å². The SMILES string of the molecule is CN(C)[C@H](CNC(=O)NCCC(C=NCC(C)(C)COC(C)(C)CCN=[N+]=[N-])=NN)Cc1ccc(O)cc1. The number of likely N-dealkylation sites (N-methyl/N-ethyl adjacent to an activating group) is 1. The number of urea groups is 1. The van der Waals surface area contributed by atoms with Crippen molar-refractivity contribution >= 4 is 18.0 Å². The molecule has 0 fully saturated rings. The Morgan fingerprint density at radius 2 is 1.92 bits per heavy atom. The fraction of sp³-hybridized carbons (Fsp3) is 0.654. The normalized spacial score (nSPS) is 13.4. The van der Waals surface area contributed by atoms with Gasteiger partial charge in [-0.05, 0) is 64.0 Å². The lowest BCUT2D eigenvalue weighted by atomic mass is 9.94. The quantitative estimate of drug-likeness (QED) is 0.0600. The van der Waals surface area contributed by atoms with E-state index in [1.165, 1.54) is 0 Å². The number of nitrogens with zero attached hydrogens (tertiary/aromatic N) is 6. The van der Waals surface area contributed by atoms with Gasteiger partial charge in [-0.3, -0.25) is 4.99 Å². The number of amides is 2. The Bertz CT molecular complexity index is 953. The van der Waals surface area contributed by atoms with Crippen molar-refractivity contribution in [1.29, 1.82) is 0 Å². The number of hydrogen-bond donors (Lipinski definition) is 4. The molecule has 0 spiro atoms. The summed E-state index contributed by atoms with van der Waals surface area (Å²) in [6.45, 7) is 10.3. The van der Waals surface area contributed by atoms with E-state index in [4.69, 9.17) is 16.1 Å². The predicted octanol–water partition coefficient (Wildman–Crippen LogP) is 3.46. The summed E-state index contributed by atoms with van der Waals surface area (Å²) in [6, 6.07) is 6.91. The van der Waals surface area contributed by atoms with Crippen LogP contribution in [0.5, 0.6) is 5.75 Å². The standard InChI is InChI=1S/C26H45N9O3/c1-25(2,19-38-26(3,4)12-14-32-34-28)18-29-16-21(33-27)11-13-30-24(37)31-17-22(35(5)6)15-20-7-9-23(36)10-8-20/h7-10,16,22,36H,11-15,17-19,27H2,1-6H3,(H2,30,31,37)/t22-/m0/s1. The van der Waals surface area contributed by atoms with Crippen LogP contribution in [-0.4, -0.2) is 86.5 Å². The molecule has 1 aromatic carbocycles. The Labute approximate surface area is 226 Å². The molecule has 0 radical (unpaired) electrons. The van der Waals surface area contributed by atoms with E-state index >= 15 is 0 Å². The van der Waals surface area contributed by atoms with Crippen LogP contribution in [-0.2, 0) is 11.2 Å². The van der Waals surface area contributed by atoms with Crippen molar-refractivity contribution in [3.8, 4) is 5.75 Å². The van der Waals surface area contributed by atoms with Gasteiger partial charge in [0.15, 0.2) is 0 Å². The number of hydrogen-bond acceptors (Lipinski definition) is 8. The van der Waals surface area contributed by atoms with Gasteiger partial charge in [0.25, 0.3) is 0 Å². The van der Waals surface area contributed by atoms with Crippen molar-refractivity contribution in [2.45, 2.75) is 58.6 Å². The van der Waals surface area contributed by atoms with Crippen molar-refractivity contribution < 1.29 is 14.6 Å². The Morgan fingerprint density at radius 1 is 1.24 bits per heavy atom. The molecule has 5 N–H and O–H groups in total. The van der Waals surface area contributed by atoms with E-state index in [0.29, 0.717) is 51.3 Å². The lowest BCUT2D eigenvalue weighted by Gasteiger charge is -2.30. The first kappa shape index (κ1) is 32.7. The summed E-state index contributed by atoms with van der Waals surface area (Å²) in [4.78, 5) is 21.6. The Morgan fingerprint density at radius 3 is 2.53 bits per heavy atom. The molecule has 0 bridgehead atoms. The molecule has 212 valence electrons. The molecule has 12 nitrogen and oxygen atoms in total. The lowest BCUT2D eigenvalue weighted by molar-refractivity contribution is -0.0554. The van der Waals surface area contributed by atoms with Crippen LogP contribution in [0.25, 0.3) is 10.4 Å². The summed E-state index contributed by atoms with van der Waals surface area (Å²) < 4.78 is 6.03. The highest BCUT2D eigenvalue weighted by Crippen LogP contribution is 2.22. The molecule has 12 heteroatoms. The van der Waals surface area contributed by atoms with E-state index in [9.17, 15) is 9.90 Å². The molecular formula is C26H45N9O3. The van der Waals surface area contributed by atoms with Crippen LogP contribution >= 0.6 is 0 Å². The van der Waals surface area contributed by atoms with Gasteiger partial charge in [-0.1, -0.05) is 31.1 Å². The Balaban J connectivity index is 2.41. The third-order valence-electron chi connectivity index (χ3n) is 5.96. The zero-order chi connectivity index (χ0) is 28.6. The minimum absolute atomic E-state index is 0.0996. The Hall–Kier alpha value is -3.34. The van der Waals surface area contributed by atoms with Gasteiger partial charge in [-0.15, -0.1) is 0 Å². The Kier molecular flexibility index (Phi) is 14.2. The van der Waals surface area contributed by atoms with E-state index in [1.807, 2.05) is 40.1 Å². The first-order chi connectivity index (χ1) is 17.9. The van der Waals surface area contributed by atoms with E-state index in [1.54, 1.807) is 18.3 Å². The molecule has 0 saturated heterocycles. The summed E-state index contributed by atoms with van der Waals surface area (Å²) in [5.74, 6) is 5.75. The van der Waals surface area contributed by atoms with Gasteiger partial charge in [0.1, 0.15) is 5.75 Å². The molecule has 0 aliphatic heterocycles. The van der Waals surface area contributed by atoms with Gasteiger partial charge in [0, 0.05) is 55.2 Å². The summed E-state index contributed by atoms with van der Waals surface area (Å²) in [5.41, 5.74) is 9.48. The molecule has 0 aliphatic rings. The monoisotopic (exact) mass is 531 g/mol. The number of aromatic hydroxyl groups is 1. The molecule has 1 atom stereocenters. The van der Waals surface area contributed by atoms with Crippen molar-refractivity contribution in [2.24, 2.45) is 26.5 Å². The average molecular weight is 532 g/mol. The first-order valence-corrected chi connectivity index (χ1v) is 12.7. The highest BCUT2D eigenvalue weighted by atomic mass is 16.5. The van der Waals surface area contributed by atoms with Gasteiger partial charge in [0.2, 0.25) is 0 Å². The number of ether oxygens (including phenoxy) is 1. The molecule has 0 heterocycles. The molecule has 0 aliphatic carbocycles. The van der Waals surface area contributed by atoms with Gasteiger partial charge in [-0.25, -0.2) is 4.79 Å². The zero-order valence-corrected chi connectivity index (χ0v) is 23.6. The lowest BCUT2D eigenvalue weighted by Crippen LogP contribution is -2.45. The van der Waals surface area contributed by atoms with E-state index in [2.05, 4.69) is 49.5 Å². The molecular weight excluding hydrogens is 486 g/mol. The maximum atomic E-state index is 12.3. The number of nitrogens with one attached hydrogen (secondary N) is 2. The van der Waals surface area contributed by atoms with Gasteiger partial charge in [-0.2, -0.15) is 5.10 Å². The maximum absolute atomic E-state index is 12.3. The van der Waals surface area contributed by atoms with E-state index in [-0.39, 0.29) is 23.2 Å². The minimum atomic E-state index is -0.399. The summed E-state index contributed by atoms with van der Waals surface area (Å²) in [5, 5.41) is 22.6. The fourth-order valence-electron chi connectivity index (χ4n) is 3.35. The second kappa shape index (κ2) is 16.5. The number of rotatable bonds is 17. The maximum Gasteiger partial charge on any atom is 0.314 e. The number of azide groups is 1. The third kappa shape index (κ3) is 14.4. The van der Waals surface area contributed by atoms with E-state index in [0.717, 1.165) is 12.0 Å². The highest BCUT2D eigenvalue weighted by molar-refractivity contribution is 6.30. The van der Waals surface area contributed by atoms with Crippen LogP contribution < -0.4 is 16.5 Å². The molecule has 0 aromatic heterocycles. The van der Waals surface area contributed by atoms with Gasteiger partial charge >= 0.3 is 6.03 Å². The summed E-state index contributed by atoms with van der Waals surface area (Å²) >= 11 is 0. The number of phenols is 1. The van der Waals surface area contributed by atoms with Crippen molar-refractivity contribution in [2.75, 3.05) is 46.9 Å². The van der Waals surface area contributed by atoms with Gasteiger partial charge < -0.3 is 31.2 Å². The predicted molar refractivity (Wildman–Crippen MR) is 153 cm³/mol. The van der Waals surface area contributed by atoms with Gasteiger partial charge in [0.05, 0.1) is 17.9 Å². The van der Waals surface area contributed by atoms with Crippen LogP contribution in [0.1, 0.15) is 46.1 Å². The molecule has 2 amide bonds. The number of phenolic OH excluding ortho intramolecular Hbond substituents is 1. The van der Waals surface area contributed by atoms with Crippen molar-refractivity contribution in [3.05, 3.63) is 40.3 Å².